The van der Waals surface area contributed by atoms with Crippen molar-refractivity contribution >= 4 is 11.9 Å². The van der Waals surface area contributed by atoms with Gasteiger partial charge in [0.15, 0.2) is 12.2 Å². The van der Waals surface area contributed by atoms with Crippen molar-refractivity contribution in [2.24, 2.45) is 0 Å². The van der Waals surface area contributed by atoms with E-state index in [1.807, 2.05) is 0 Å². The molecule has 0 aromatic carbocycles. The van der Waals surface area contributed by atoms with Crippen LogP contribution in [-0.2, 0) is 26.7 Å². The quantitative estimate of drug-likeness (QED) is 0.391. The molecule has 0 saturated heterocycles. The van der Waals surface area contributed by atoms with E-state index in [0.29, 0.717) is 0 Å². The van der Waals surface area contributed by atoms with Crippen LogP contribution in [0.2, 0.25) is 0 Å². The number of hydrogen-bond donors (Lipinski definition) is 4. The van der Waals surface area contributed by atoms with Crippen LogP contribution in [0.5, 0.6) is 0 Å². The number of hydrogen-bond acceptors (Lipinski definition) is 4. The Labute approximate surface area is 71.9 Å². The van der Waals surface area contributed by atoms with Crippen molar-refractivity contribution in [3.05, 3.63) is 0 Å². The molecule has 7 heteroatoms. The monoisotopic (exact) mass is 205 g/mol. The number of rotatable bonds is 3. The molecule has 0 spiro atoms. The third kappa shape index (κ3) is 3.94. The van der Waals surface area contributed by atoms with Crippen LogP contribution in [0, 0.1) is 0 Å². The summed E-state index contributed by atoms with van der Waals surface area (Å²) in [5.41, 5.74) is 0. The van der Waals surface area contributed by atoms with Gasteiger partial charge in [-0.1, -0.05) is 0 Å². The molecule has 1 radical (unpaired) electrons. The van der Waals surface area contributed by atoms with Crippen LogP contribution in [0.3, 0.4) is 0 Å². The zero-order valence-electron chi connectivity index (χ0n) is 5.14. The summed E-state index contributed by atoms with van der Waals surface area (Å²) in [6.45, 7) is 0. The number of aliphatic hydroxyl groups excluding tert-OH is 2. The average molecular weight is 205 g/mol. The van der Waals surface area contributed by atoms with Crippen molar-refractivity contribution in [1.29, 1.82) is 0 Å². The number of aliphatic carboxylic acids is 2. The van der Waals surface area contributed by atoms with Crippen LogP contribution in [-0.4, -0.2) is 44.6 Å². The molecule has 0 heterocycles. The first kappa shape index (κ1) is 13.0. The molecule has 0 saturated carbocycles. The fourth-order valence-corrected chi connectivity index (χ4v) is 0.270. The van der Waals surface area contributed by atoms with Gasteiger partial charge < -0.3 is 20.4 Å². The van der Waals surface area contributed by atoms with E-state index in [-0.39, 0.29) is 17.1 Å². The van der Waals surface area contributed by atoms with Crippen molar-refractivity contribution in [1.82, 2.24) is 0 Å². The minimum atomic E-state index is -2.27. The van der Waals surface area contributed by atoms with E-state index >= 15 is 0 Å². The molecule has 0 aliphatic rings. The molecule has 0 amide bonds. The van der Waals surface area contributed by atoms with Crippen molar-refractivity contribution in [2.45, 2.75) is 12.2 Å². The van der Waals surface area contributed by atoms with Crippen molar-refractivity contribution in [2.75, 3.05) is 0 Å². The minimum absolute atomic E-state index is 0. The molecule has 0 aliphatic carbocycles. The normalized spacial score (nSPS) is 14.4. The molecular formula is C4H6MnO6. The van der Waals surface area contributed by atoms with Gasteiger partial charge in [0.05, 0.1) is 0 Å². The standard InChI is InChI=1S/C4H6O6.Mn/c5-1(3(7)8)2(6)4(9)10;/h1-2,5-6H,(H,7,8)(H,9,10);/t1-,2-;/m1./s1. The zero-order chi connectivity index (χ0) is 8.31. The first-order chi connectivity index (χ1) is 4.46. The molecule has 0 unspecified atom stereocenters. The predicted octanol–water partition coefficient (Wildman–Crippen LogP) is -2.13. The summed E-state index contributed by atoms with van der Waals surface area (Å²) >= 11 is 0. The molecule has 0 fully saturated rings. The number of aliphatic hydroxyl groups is 2. The Bertz CT molecular complexity index is 139. The molecule has 2 atom stereocenters. The van der Waals surface area contributed by atoms with E-state index in [9.17, 15) is 9.59 Å². The van der Waals surface area contributed by atoms with Crippen LogP contribution < -0.4 is 0 Å². The van der Waals surface area contributed by atoms with Crippen LogP contribution >= 0.6 is 0 Å². The Morgan fingerprint density at radius 3 is 1.18 bits per heavy atom. The maximum absolute atomic E-state index is 9.77. The summed E-state index contributed by atoms with van der Waals surface area (Å²) < 4.78 is 0. The average Bonchev–Trinajstić information content (AvgIpc) is 1.84. The van der Waals surface area contributed by atoms with Gasteiger partial charge in [0.1, 0.15) is 0 Å². The molecule has 0 rings (SSSR count). The van der Waals surface area contributed by atoms with Gasteiger partial charge >= 0.3 is 11.9 Å². The molecule has 11 heavy (non-hydrogen) atoms. The molecule has 6 nitrogen and oxygen atoms in total. The first-order valence-electron chi connectivity index (χ1n) is 2.28. The molecule has 0 aliphatic heterocycles. The SMILES string of the molecule is O=C(O)[C@H](O)[C@@H](O)C(=O)O.[Mn]. The Morgan fingerprint density at radius 2 is 1.09 bits per heavy atom. The molecule has 0 aromatic rings. The van der Waals surface area contributed by atoms with Crippen molar-refractivity contribution < 1.29 is 47.1 Å². The third-order valence-electron chi connectivity index (χ3n) is 0.805. The summed E-state index contributed by atoms with van der Waals surface area (Å²) in [4.78, 5) is 19.5. The van der Waals surface area contributed by atoms with E-state index in [4.69, 9.17) is 20.4 Å². The number of carboxylic acid groups (broad SMARTS) is 2. The van der Waals surface area contributed by atoms with E-state index in [1.54, 1.807) is 0 Å². The summed E-state index contributed by atoms with van der Waals surface area (Å²) in [5.74, 6) is -3.54. The summed E-state index contributed by atoms with van der Waals surface area (Å²) in [7, 11) is 0. The van der Waals surface area contributed by atoms with Crippen LogP contribution in [0.1, 0.15) is 0 Å². The second-order valence-electron chi connectivity index (χ2n) is 1.57. The van der Waals surface area contributed by atoms with E-state index in [1.165, 1.54) is 0 Å². The Morgan fingerprint density at radius 1 is 0.909 bits per heavy atom. The van der Waals surface area contributed by atoms with Gasteiger partial charge in [-0.05, 0) is 0 Å². The number of carboxylic acids is 2. The maximum Gasteiger partial charge on any atom is 0.335 e. The summed E-state index contributed by atoms with van der Waals surface area (Å²) in [5, 5.41) is 32.5. The fraction of sp³-hybridized carbons (Fsp3) is 0.500. The third-order valence-corrected chi connectivity index (χ3v) is 0.805. The second-order valence-corrected chi connectivity index (χ2v) is 1.57. The van der Waals surface area contributed by atoms with Gasteiger partial charge in [-0.25, -0.2) is 9.59 Å². The zero-order valence-corrected chi connectivity index (χ0v) is 6.32. The molecular weight excluding hydrogens is 199 g/mol. The Hall–Kier alpha value is -0.621. The van der Waals surface area contributed by atoms with Crippen molar-refractivity contribution in [3.8, 4) is 0 Å². The molecule has 0 bridgehead atoms. The van der Waals surface area contributed by atoms with Gasteiger partial charge in [0.2, 0.25) is 0 Å². The summed E-state index contributed by atoms with van der Waals surface area (Å²) in [6.07, 6.45) is -4.53. The fourth-order valence-electron chi connectivity index (χ4n) is 0.270. The largest absolute Gasteiger partial charge is 0.479 e. The smallest absolute Gasteiger partial charge is 0.335 e. The molecule has 4 N–H and O–H groups in total. The van der Waals surface area contributed by atoms with Gasteiger partial charge in [-0.15, -0.1) is 0 Å². The van der Waals surface area contributed by atoms with E-state index < -0.39 is 24.1 Å². The van der Waals surface area contributed by atoms with Crippen LogP contribution in [0.15, 0.2) is 0 Å². The topological polar surface area (TPSA) is 115 Å². The number of carbonyl (C=O) groups is 2. The van der Waals surface area contributed by atoms with Crippen LogP contribution in [0.4, 0.5) is 0 Å². The van der Waals surface area contributed by atoms with Gasteiger partial charge in [-0.2, -0.15) is 0 Å². The van der Waals surface area contributed by atoms with Gasteiger partial charge in [-0.3, -0.25) is 0 Å². The van der Waals surface area contributed by atoms with E-state index in [0.717, 1.165) is 0 Å². The van der Waals surface area contributed by atoms with Gasteiger partial charge in [0, 0.05) is 17.1 Å². The van der Waals surface area contributed by atoms with Crippen molar-refractivity contribution in [3.63, 3.8) is 0 Å². The van der Waals surface area contributed by atoms with Crippen LogP contribution in [0.25, 0.3) is 0 Å². The second kappa shape index (κ2) is 5.09. The Kier molecular flexibility index (Phi) is 6.01. The molecule has 0 aromatic heterocycles. The Balaban J connectivity index is 0. The predicted molar refractivity (Wildman–Crippen MR) is 27.3 cm³/mol. The molecule has 65 valence electrons. The first-order valence-corrected chi connectivity index (χ1v) is 2.28. The maximum atomic E-state index is 9.77. The van der Waals surface area contributed by atoms with E-state index in [2.05, 4.69) is 0 Å². The summed E-state index contributed by atoms with van der Waals surface area (Å²) in [6, 6.07) is 0. The van der Waals surface area contributed by atoms with Gasteiger partial charge in [0.25, 0.3) is 0 Å². The minimum Gasteiger partial charge on any atom is -0.479 e.